The normalized spacial score (nSPS) is 11.0. The molecule has 2 aromatic heterocycles. The summed E-state index contributed by atoms with van der Waals surface area (Å²) in [5.74, 6) is 0.269. The summed E-state index contributed by atoms with van der Waals surface area (Å²) in [7, 11) is 0. The van der Waals surface area contributed by atoms with Gasteiger partial charge >= 0.3 is 0 Å². The van der Waals surface area contributed by atoms with Gasteiger partial charge in [0.15, 0.2) is 0 Å². The van der Waals surface area contributed by atoms with Gasteiger partial charge in [0.25, 0.3) is 5.56 Å². The van der Waals surface area contributed by atoms with Crippen LogP contribution in [0.3, 0.4) is 0 Å². The number of hydrogen-bond donors (Lipinski definition) is 3. The SMILES string of the molecule is CCc1nc(SCC(=O)NCc2cc3ccc(F)cc3[nH]c2=O)n[nH]1. The monoisotopic (exact) mass is 361 g/mol. The first-order valence-corrected chi connectivity index (χ1v) is 8.66. The number of benzene rings is 1. The van der Waals surface area contributed by atoms with Gasteiger partial charge in [-0.3, -0.25) is 14.7 Å². The Morgan fingerprint density at radius 2 is 2.20 bits per heavy atom. The molecule has 25 heavy (non-hydrogen) atoms. The number of nitrogens with zero attached hydrogens (tertiary/aromatic N) is 2. The Hall–Kier alpha value is -2.68. The maximum Gasteiger partial charge on any atom is 0.253 e. The molecule has 0 radical (unpaired) electrons. The first-order chi connectivity index (χ1) is 12.0. The van der Waals surface area contributed by atoms with Crippen molar-refractivity contribution in [1.29, 1.82) is 0 Å². The Balaban J connectivity index is 1.59. The zero-order valence-corrected chi connectivity index (χ0v) is 14.2. The van der Waals surface area contributed by atoms with Gasteiger partial charge in [-0.2, -0.15) is 0 Å². The lowest BCUT2D eigenvalue weighted by Crippen LogP contribution is -2.28. The highest BCUT2D eigenvalue weighted by Gasteiger charge is 2.09. The lowest BCUT2D eigenvalue weighted by molar-refractivity contribution is -0.118. The number of amides is 1. The summed E-state index contributed by atoms with van der Waals surface area (Å²) in [6.07, 6.45) is 0.744. The van der Waals surface area contributed by atoms with Crippen molar-refractivity contribution in [3.05, 3.63) is 51.8 Å². The van der Waals surface area contributed by atoms with Crippen molar-refractivity contribution in [2.45, 2.75) is 25.0 Å². The zero-order valence-electron chi connectivity index (χ0n) is 13.4. The molecule has 0 spiro atoms. The Labute approximate surface area is 146 Å². The van der Waals surface area contributed by atoms with Crippen molar-refractivity contribution in [2.75, 3.05) is 5.75 Å². The Morgan fingerprint density at radius 1 is 1.36 bits per heavy atom. The molecule has 7 nitrogen and oxygen atoms in total. The van der Waals surface area contributed by atoms with Gasteiger partial charge in [0.2, 0.25) is 11.1 Å². The lowest BCUT2D eigenvalue weighted by Gasteiger charge is -2.05. The fourth-order valence-corrected chi connectivity index (χ4v) is 2.87. The molecule has 9 heteroatoms. The van der Waals surface area contributed by atoms with E-state index < -0.39 is 5.82 Å². The van der Waals surface area contributed by atoms with Crippen LogP contribution in [-0.2, 0) is 17.8 Å². The van der Waals surface area contributed by atoms with Gasteiger partial charge in [-0.15, -0.1) is 5.10 Å². The number of hydrogen-bond acceptors (Lipinski definition) is 5. The third-order valence-electron chi connectivity index (χ3n) is 3.54. The van der Waals surface area contributed by atoms with Gasteiger partial charge in [-0.05, 0) is 29.7 Å². The van der Waals surface area contributed by atoms with Crippen molar-refractivity contribution < 1.29 is 9.18 Å². The molecule has 0 aliphatic carbocycles. The molecule has 0 saturated carbocycles. The number of aromatic nitrogens is 4. The van der Waals surface area contributed by atoms with E-state index in [1.807, 2.05) is 6.92 Å². The van der Waals surface area contributed by atoms with E-state index >= 15 is 0 Å². The number of nitrogens with one attached hydrogen (secondary N) is 3. The van der Waals surface area contributed by atoms with Crippen LogP contribution >= 0.6 is 11.8 Å². The van der Waals surface area contributed by atoms with Crippen LogP contribution in [0, 0.1) is 5.82 Å². The van der Waals surface area contributed by atoms with E-state index in [1.54, 1.807) is 12.1 Å². The molecule has 1 aromatic carbocycles. The average Bonchev–Trinajstić information content (AvgIpc) is 3.06. The maximum atomic E-state index is 13.2. The number of halogens is 1. The van der Waals surface area contributed by atoms with Crippen molar-refractivity contribution in [2.24, 2.45) is 0 Å². The number of H-pyrrole nitrogens is 2. The highest BCUT2D eigenvalue weighted by atomic mass is 32.2. The summed E-state index contributed by atoms with van der Waals surface area (Å²) in [5, 5.41) is 10.7. The molecule has 0 aliphatic heterocycles. The summed E-state index contributed by atoms with van der Waals surface area (Å²) in [5.41, 5.74) is 0.475. The third-order valence-corrected chi connectivity index (χ3v) is 4.39. The Bertz CT molecular complexity index is 969. The average molecular weight is 361 g/mol. The summed E-state index contributed by atoms with van der Waals surface area (Å²) in [6, 6.07) is 5.80. The van der Waals surface area contributed by atoms with Crippen LogP contribution in [-0.4, -0.2) is 31.8 Å². The largest absolute Gasteiger partial charge is 0.351 e. The fourth-order valence-electron chi connectivity index (χ4n) is 2.23. The number of aromatic amines is 2. The van der Waals surface area contributed by atoms with Gasteiger partial charge < -0.3 is 10.3 Å². The van der Waals surface area contributed by atoms with E-state index in [0.29, 0.717) is 21.6 Å². The first-order valence-electron chi connectivity index (χ1n) is 7.67. The van der Waals surface area contributed by atoms with Crippen LogP contribution in [0.2, 0.25) is 0 Å². The van der Waals surface area contributed by atoms with E-state index in [2.05, 4.69) is 25.5 Å². The predicted molar refractivity (Wildman–Crippen MR) is 92.9 cm³/mol. The van der Waals surface area contributed by atoms with Gasteiger partial charge in [0, 0.05) is 18.5 Å². The third kappa shape index (κ3) is 4.24. The van der Waals surface area contributed by atoms with Crippen molar-refractivity contribution in [3.8, 4) is 0 Å². The number of pyridine rings is 1. The summed E-state index contributed by atoms with van der Waals surface area (Å²) in [4.78, 5) is 30.8. The highest BCUT2D eigenvalue weighted by molar-refractivity contribution is 7.99. The van der Waals surface area contributed by atoms with Crippen LogP contribution in [0.1, 0.15) is 18.3 Å². The minimum Gasteiger partial charge on any atom is -0.351 e. The number of rotatable bonds is 6. The predicted octanol–water partition coefficient (Wildman–Crippen LogP) is 1.76. The first kappa shape index (κ1) is 17.2. The Kier molecular flexibility index (Phi) is 5.13. The smallest absolute Gasteiger partial charge is 0.253 e. The quantitative estimate of drug-likeness (QED) is 0.581. The van der Waals surface area contributed by atoms with Gasteiger partial charge in [0.1, 0.15) is 11.6 Å². The number of aryl methyl sites for hydroxylation is 1. The number of thioether (sulfide) groups is 1. The molecule has 0 bridgehead atoms. The van der Waals surface area contributed by atoms with Crippen LogP contribution < -0.4 is 10.9 Å². The van der Waals surface area contributed by atoms with Gasteiger partial charge in [-0.1, -0.05) is 18.7 Å². The Morgan fingerprint density at radius 3 is 2.96 bits per heavy atom. The summed E-state index contributed by atoms with van der Waals surface area (Å²) < 4.78 is 13.2. The van der Waals surface area contributed by atoms with E-state index in [1.165, 1.54) is 23.9 Å². The number of fused-ring (bicyclic) bond motifs is 1. The molecule has 3 aromatic rings. The van der Waals surface area contributed by atoms with Crippen LogP contribution in [0.25, 0.3) is 10.9 Å². The van der Waals surface area contributed by atoms with Gasteiger partial charge in [-0.25, -0.2) is 9.37 Å². The molecule has 3 rings (SSSR count). The fraction of sp³-hybridized carbons (Fsp3) is 0.250. The highest BCUT2D eigenvalue weighted by Crippen LogP contribution is 2.13. The number of carbonyl (C=O) groups is 1. The molecule has 0 atom stereocenters. The molecule has 1 amide bonds. The van der Waals surface area contributed by atoms with Crippen molar-refractivity contribution in [3.63, 3.8) is 0 Å². The molecule has 0 fully saturated rings. The van der Waals surface area contributed by atoms with Crippen molar-refractivity contribution in [1.82, 2.24) is 25.5 Å². The maximum absolute atomic E-state index is 13.2. The van der Waals surface area contributed by atoms with Crippen LogP contribution in [0.4, 0.5) is 4.39 Å². The number of carbonyl (C=O) groups excluding carboxylic acids is 1. The molecule has 3 N–H and O–H groups in total. The molecular formula is C16H16FN5O2S. The second-order valence-electron chi connectivity index (χ2n) is 5.34. The minimum atomic E-state index is -0.417. The second kappa shape index (κ2) is 7.47. The van der Waals surface area contributed by atoms with Crippen molar-refractivity contribution >= 4 is 28.6 Å². The summed E-state index contributed by atoms with van der Waals surface area (Å²) >= 11 is 1.22. The van der Waals surface area contributed by atoms with Gasteiger partial charge in [0.05, 0.1) is 11.3 Å². The van der Waals surface area contributed by atoms with Crippen LogP contribution in [0.15, 0.2) is 34.2 Å². The molecular weight excluding hydrogens is 345 g/mol. The van der Waals surface area contributed by atoms with E-state index in [4.69, 9.17) is 0 Å². The lowest BCUT2D eigenvalue weighted by atomic mass is 10.1. The minimum absolute atomic E-state index is 0.0935. The van der Waals surface area contributed by atoms with E-state index in [-0.39, 0.29) is 23.8 Å². The molecule has 130 valence electrons. The van der Waals surface area contributed by atoms with Crippen LogP contribution in [0.5, 0.6) is 0 Å². The van der Waals surface area contributed by atoms with E-state index in [9.17, 15) is 14.0 Å². The summed E-state index contributed by atoms with van der Waals surface area (Å²) in [6.45, 7) is 2.05. The van der Waals surface area contributed by atoms with E-state index in [0.717, 1.165) is 12.2 Å². The standard InChI is InChI=1S/C16H16FN5O2S/c1-2-13-20-16(22-21-13)25-8-14(23)18-7-10-5-9-3-4-11(17)6-12(9)19-15(10)24/h3-6H,2,7-8H2,1H3,(H,18,23)(H,19,24)(H,20,21,22). The zero-order chi connectivity index (χ0) is 17.8. The molecule has 0 unspecified atom stereocenters. The molecule has 2 heterocycles. The second-order valence-corrected chi connectivity index (χ2v) is 6.28. The topological polar surface area (TPSA) is 104 Å². The molecule has 0 saturated heterocycles. The molecule has 0 aliphatic rings.